The van der Waals surface area contributed by atoms with Crippen LogP contribution < -0.4 is 5.56 Å². The highest BCUT2D eigenvalue weighted by Crippen LogP contribution is 2.21. The summed E-state index contributed by atoms with van der Waals surface area (Å²) >= 11 is 0. The summed E-state index contributed by atoms with van der Waals surface area (Å²) in [7, 11) is 0. The molecule has 3 aromatic heterocycles. The molecule has 0 saturated carbocycles. The molecular weight excluding hydrogens is 398 g/mol. The third kappa shape index (κ3) is 3.51. The van der Waals surface area contributed by atoms with Crippen molar-refractivity contribution in [2.45, 2.75) is 6.61 Å². The van der Waals surface area contributed by atoms with Crippen molar-refractivity contribution in [2.24, 2.45) is 0 Å². The largest absolute Gasteiger partial charge is 0.461 e. The lowest BCUT2D eigenvalue weighted by atomic mass is 10.1. The predicted molar refractivity (Wildman–Crippen MR) is 111 cm³/mol. The van der Waals surface area contributed by atoms with E-state index < -0.39 is 5.97 Å². The van der Waals surface area contributed by atoms with Gasteiger partial charge >= 0.3 is 5.97 Å². The maximum Gasteiger partial charge on any atom is 0.359 e. The van der Waals surface area contributed by atoms with Crippen molar-refractivity contribution in [1.82, 2.24) is 14.9 Å². The number of carbonyl (C=O) groups excluding carboxylic acids is 1. The second-order valence-corrected chi connectivity index (χ2v) is 6.68. The summed E-state index contributed by atoms with van der Waals surface area (Å²) in [4.78, 5) is 25.8. The lowest BCUT2D eigenvalue weighted by molar-refractivity contribution is 0.0457. The van der Waals surface area contributed by atoms with E-state index in [4.69, 9.17) is 13.7 Å². The van der Waals surface area contributed by atoms with Crippen molar-refractivity contribution >= 4 is 16.7 Å². The number of nitrogens with zero attached hydrogens (tertiary/aromatic N) is 3. The molecule has 152 valence electrons. The number of esters is 1. The minimum Gasteiger partial charge on any atom is -0.461 e. The fraction of sp³-hybridized carbons (Fsp3) is 0.0435. The van der Waals surface area contributed by atoms with E-state index in [1.54, 1.807) is 66.7 Å². The van der Waals surface area contributed by atoms with Gasteiger partial charge in [0.15, 0.2) is 11.5 Å². The summed E-state index contributed by atoms with van der Waals surface area (Å²) in [5.41, 5.74) is 0.680. The van der Waals surface area contributed by atoms with Gasteiger partial charge in [-0.25, -0.2) is 4.79 Å². The average Bonchev–Trinajstić information content (AvgIpc) is 3.51. The second-order valence-electron chi connectivity index (χ2n) is 6.68. The number of benzene rings is 2. The number of fused-ring (bicyclic) bond motifs is 1. The average molecular weight is 413 g/mol. The van der Waals surface area contributed by atoms with Crippen LogP contribution in [-0.2, 0) is 11.3 Å². The number of carbonyl (C=O) groups is 1. The maximum atomic E-state index is 12.9. The minimum absolute atomic E-state index is 0.0359. The lowest BCUT2D eigenvalue weighted by Gasteiger charge is -2.10. The van der Waals surface area contributed by atoms with Gasteiger partial charge in [0.1, 0.15) is 12.3 Å². The molecule has 0 radical (unpaired) electrons. The molecule has 5 aromatic rings. The summed E-state index contributed by atoms with van der Waals surface area (Å²) < 4.78 is 17.1. The summed E-state index contributed by atoms with van der Waals surface area (Å²) in [6.07, 6.45) is 1.52. The molecule has 0 aliphatic carbocycles. The van der Waals surface area contributed by atoms with E-state index in [0.717, 1.165) is 0 Å². The van der Waals surface area contributed by atoms with Gasteiger partial charge in [0.05, 0.1) is 17.3 Å². The number of hydrogen-bond donors (Lipinski definition) is 0. The third-order valence-corrected chi connectivity index (χ3v) is 4.67. The maximum absolute atomic E-state index is 12.9. The molecule has 0 amide bonds. The quantitative estimate of drug-likeness (QED) is 0.402. The first kappa shape index (κ1) is 18.6. The Labute approximate surface area is 175 Å². The highest BCUT2D eigenvalue weighted by molar-refractivity contribution is 6.02. The standard InChI is InChI=1S/C23H15N3O5/c27-22-18-10-5-4-9-17(18)21(24-26(22)16-7-2-1-3-8-16)23(28)30-14-15-13-20(31-25-15)19-11-6-12-29-19/h1-13H,14H2. The topological polar surface area (TPSA) is 100 Å². The Kier molecular flexibility index (Phi) is 4.64. The van der Waals surface area contributed by atoms with Crippen LogP contribution in [-0.4, -0.2) is 20.9 Å². The number of aromatic nitrogens is 3. The predicted octanol–water partition coefficient (Wildman–Crippen LogP) is 3.99. The van der Waals surface area contributed by atoms with E-state index in [1.165, 1.54) is 10.9 Å². The first-order chi connectivity index (χ1) is 15.2. The Hall–Kier alpha value is -4.46. The number of rotatable bonds is 5. The molecule has 0 atom stereocenters. The van der Waals surface area contributed by atoms with Gasteiger partial charge in [-0.05, 0) is 30.3 Å². The minimum atomic E-state index is -0.677. The van der Waals surface area contributed by atoms with Gasteiger partial charge in [-0.1, -0.05) is 41.6 Å². The van der Waals surface area contributed by atoms with Gasteiger partial charge in [0.2, 0.25) is 5.76 Å². The summed E-state index contributed by atoms with van der Waals surface area (Å²) in [6, 6.07) is 20.8. The number of ether oxygens (including phenoxy) is 1. The van der Waals surface area contributed by atoms with Crippen LogP contribution in [0.3, 0.4) is 0 Å². The molecule has 0 unspecified atom stereocenters. The van der Waals surface area contributed by atoms with E-state index in [2.05, 4.69) is 10.3 Å². The van der Waals surface area contributed by atoms with Crippen LogP contribution in [0.5, 0.6) is 0 Å². The fourth-order valence-electron chi connectivity index (χ4n) is 3.21. The van der Waals surface area contributed by atoms with Crippen molar-refractivity contribution < 1.29 is 18.5 Å². The highest BCUT2D eigenvalue weighted by atomic mass is 16.5. The Morgan fingerprint density at radius 3 is 2.48 bits per heavy atom. The van der Waals surface area contributed by atoms with Crippen molar-refractivity contribution in [2.75, 3.05) is 0 Å². The normalized spacial score (nSPS) is 11.0. The van der Waals surface area contributed by atoms with Crippen LogP contribution in [0.1, 0.15) is 16.2 Å². The second kappa shape index (κ2) is 7.75. The molecule has 3 heterocycles. The SMILES string of the molecule is O=C(OCc1cc(-c2ccco2)on1)c1nn(-c2ccccc2)c(=O)c2ccccc12. The summed E-state index contributed by atoms with van der Waals surface area (Å²) in [5, 5.41) is 8.98. The van der Waals surface area contributed by atoms with Crippen LogP contribution in [0.15, 0.2) is 92.8 Å². The van der Waals surface area contributed by atoms with E-state index in [0.29, 0.717) is 33.7 Å². The zero-order valence-electron chi connectivity index (χ0n) is 16.1. The molecule has 0 saturated heterocycles. The lowest BCUT2D eigenvalue weighted by Crippen LogP contribution is -2.25. The molecule has 0 aliphatic rings. The van der Waals surface area contributed by atoms with Gasteiger partial charge in [-0.2, -0.15) is 9.78 Å². The number of furan rings is 1. The molecule has 0 bridgehead atoms. The zero-order chi connectivity index (χ0) is 21.2. The van der Waals surface area contributed by atoms with E-state index in [-0.39, 0.29) is 17.9 Å². The number of para-hydroxylation sites is 1. The smallest absolute Gasteiger partial charge is 0.359 e. The van der Waals surface area contributed by atoms with E-state index >= 15 is 0 Å². The molecule has 0 fully saturated rings. The number of hydrogen-bond acceptors (Lipinski definition) is 7. The summed E-state index contributed by atoms with van der Waals surface area (Å²) in [5.74, 6) is 0.272. The van der Waals surface area contributed by atoms with Crippen LogP contribution in [0.25, 0.3) is 28.0 Å². The van der Waals surface area contributed by atoms with Gasteiger partial charge in [0.25, 0.3) is 5.56 Å². The third-order valence-electron chi connectivity index (χ3n) is 4.67. The molecule has 2 aromatic carbocycles. The van der Waals surface area contributed by atoms with Crippen molar-refractivity contribution in [1.29, 1.82) is 0 Å². The zero-order valence-corrected chi connectivity index (χ0v) is 16.1. The van der Waals surface area contributed by atoms with Gasteiger partial charge in [-0.15, -0.1) is 0 Å². The van der Waals surface area contributed by atoms with Crippen LogP contribution in [0.4, 0.5) is 0 Å². The molecule has 31 heavy (non-hydrogen) atoms. The molecule has 8 nitrogen and oxygen atoms in total. The molecule has 0 aliphatic heterocycles. The van der Waals surface area contributed by atoms with Crippen LogP contribution >= 0.6 is 0 Å². The monoisotopic (exact) mass is 413 g/mol. The molecule has 5 rings (SSSR count). The van der Waals surface area contributed by atoms with Crippen molar-refractivity contribution in [3.8, 4) is 17.2 Å². The first-order valence-corrected chi connectivity index (χ1v) is 9.45. The molecule has 0 spiro atoms. The van der Waals surface area contributed by atoms with E-state index in [1.807, 2.05) is 6.07 Å². The van der Waals surface area contributed by atoms with Crippen LogP contribution in [0.2, 0.25) is 0 Å². The van der Waals surface area contributed by atoms with Crippen molar-refractivity contribution in [3.63, 3.8) is 0 Å². The highest BCUT2D eigenvalue weighted by Gasteiger charge is 2.19. The Balaban J connectivity index is 1.47. The van der Waals surface area contributed by atoms with Gasteiger partial charge in [-0.3, -0.25) is 4.79 Å². The van der Waals surface area contributed by atoms with Crippen molar-refractivity contribution in [3.05, 3.63) is 101 Å². The van der Waals surface area contributed by atoms with Gasteiger partial charge < -0.3 is 13.7 Å². The van der Waals surface area contributed by atoms with Crippen LogP contribution in [0, 0.1) is 0 Å². The molecule has 8 heteroatoms. The Bertz CT molecular complexity index is 1420. The van der Waals surface area contributed by atoms with E-state index in [9.17, 15) is 9.59 Å². The molecule has 0 N–H and O–H groups in total. The summed E-state index contributed by atoms with van der Waals surface area (Å²) in [6.45, 7) is -0.122. The Morgan fingerprint density at radius 2 is 1.71 bits per heavy atom. The molecular formula is C23H15N3O5. The Morgan fingerprint density at radius 1 is 0.935 bits per heavy atom. The first-order valence-electron chi connectivity index (χ1n) is 9.45. The fourth-order valence-corrected chi connectivity index (χ4v) is 3.21. The van der Waals surface area contributed by atoms with Gasteiger partial charge in [0, 0.05) is 11.5 Å².